The second kappa shape index (κ2) is 8.88. The van der Waals surface area contributed by atoms with Crippen molar-refractivity contribution in [2.45, 2.75) is 33.1 Å². The van der Waals surface area contributed by atoms with Crippen LogP contribution in [0.2, 0.25) is 0 Å². The van der Waals surface area contributed by atoms with Gasteiger partial charge in [-0.15, -0.1) is 0 Å². The van der Waals surface area contributed by atoms with E-state index in [0.29, 0.717) is 42.3 Å². The van der Waals surface area contributed by atoms with E-state index in [1.807, 2.05) is 18.2 Å². The third-order valence-electron chi connectivity index (χ3n) is 5.74. The number of hydrogen-bond acceptors (Lipinski definition) is 4. The van der Waals surface area contributed by atoms with Crippen molar-refractivity contribution in [3.8, 4) is 17.2 Å². The Labute approximate surface area is 183 Å². The van der Waals surface area contributed by atoms with Gasteiger partial charge in [0.15, 0.2) is 11.5 Å². The lowest BCUT2D eigenvalue weighted by molar-refractivity contribution is 0.0962. The zero-order chi connectivity index (χ0) is 22.8. The van der Waals surface area contributed by atoms with Crippen molar-refractivity contribution in [2.75, 3.05) is 27.2 Å². The number of hydrogen-bond donors (Lipinski definition) is 2. The molecule has 1 atom stereocenters. The SMILES string of the molecule is CNC(=O)c1ccc(Oc2ccc3c(c2)CCN(C(=O)O)CC3C(C)(C)C)c(OC)c1. The lowest BCUT2D eigenvalue weighted by atomic mass is 9.75. The van der Waals surface area contributed by atoms with E-state index < -0.39 is 6.09 Å². The highest BCUT2D eigenvalue weighted by Gasteiger charge is 2.33. The Balaban J connectivity index is 1.93. The predicted octanol–water partition coefficient (Wildman–Crippen LogP) is 4.51. The second-order valence-corrected chi connectivity index (χ2v) is 8.80. The van der Waals surface area contributed by atoms with Crippen LogP contribution in [-0.4, -0.2) is 49.3 Å². The summed E-state index contributed by atoms with van der Waals surface area (Å²) in [5.41, 5.74) is 2.64. The molecule has 0 fully saturated rings. The summed E-state index contributed by atoms with van der Waals surface area (Å²) in [4.78, 5) is 25.0. The fourth-order valence-corrected chi connectivity index (χ4v) is 3.95. The molecule has 2 aromatic carbocycles. The predicted molar refractivity (Wildman–Crippen MR) is 118 cm³/mol. The van der Waals surface area contributed by atoms with Crippen LogP contribution in [0.25, 0.3) is 0 Å². The van der Waals surface area contributed by atoms with Gasteiger partial charge >= 0.3 is 6.09 Å². The van der Waals surface area contributed by atoms with Gasteiger partial charge in [-0.2, -0.15) is 0 Å². The molecule has 7 heteroatoms. The second-order valence-electron chi connectivity index (χ2n) is 8.80. The molecule has 0 radical (unpaired) electrons. The number of rotatable bonds is 4. The monoisotopic (exact) mass is 426 g/mol. The van der Waals surface area contributed by atoms with E-state index in [-0.39, 0.29) is 17.2 Å². The van der Waals surface area contributed by atoms with Crippen LogP contribution in [0.1, 0.15) is 48.2 Å². The molecule has 1 heterocycles. The third-order valence-corrected chi connectivity index (χ3v) is 5.74. The van der Waals surface area contributed by atoms with E-state index in [2.05, 4.69) is 26.1 Å². The molecule has 31 heavy (non-hydrogen) atoms. The van der Waals surface area contributed by atoms with Crippen molar-refractivity contribution >= 4 is 12.0 Å². The zero-order valence-corrected chi connectivity index (χ0v) is 18.7. The van der Waals surface area contributed by atoms with Crippen LogP contribution in [0.3, 0.4) is 0 Å². The number of ether oxygens (including phenoxy) is 2. The quantitative estimate of drug-likeness (QED) is 0.751. The lowest BCUT2D eigenvalue weighted by Crippen LogP contribution is -2.36. The molecular formula is C24H30N2O5. The number of carboxylic acid groups (broad SMARTS) is 1. The summed E-state index contributed by atoms with van der Waals surface area (Å²) >= 11 is 0. The average Bonchev–Trinajstić information content (AvgIpc) is 2.93. The summed E-state index contributed by atoms with van der Waals surface area (Å²) in [5, 5.41) is 12.2. The van der Waals surface area contributed by atoms with Crippen molar-refractivity contribution < 1.29 is 24.2 Å². The average molecular weight is 427 g/mol. The Morgan fingerprint density at radius 1 is 1.13 bits per heavy atom. The van der Waals surface area contributed by atoms with E-state index in [4.69, 9.17) is 9.47 Å². The van der Waals surface area contributed by atoms with Crippen LogP contribution in [-0.2, 0) is 6.42 Å². The number of amides is 2. The molecule has 0 aliphatic carbocycles. The maximum Gasteiger partial charge on any atom is 0.407 e. The van der Waals surface area contributed by atoms with E-state index in [1.165, 1.54) is 12.0 Å². The maximum atomic E-state index is 11.9. The van der Waals surface area contributed by atoms with Crippen molar-refractivity contribution in [1.29, 1.82) is 0 Å². The van der Waals surface area contributed by atoms with Gasteiger partial charge < -0.3 is 24.8 Å². The van der Waals surface area contributed by atoms with Crippen molar-refractivity contribution in [3.63, 3.8) is 0 Å². The first-order chi connectivity index (χ1) is 14.6. The van der Waals surface area contributed by atoms with Crippen LogP contribution in [0.4, 0.5) is 4.79 Å². The molecule has 0 saturated carbocycles. The summed E-state index contributed by atoms with van der Waals surface area (Å²) in [6.07, 6.45) is -0.266. The van der Waals surface area contributed by atoms with Crippen molar-refractivity contribution in [3.05, 3.63) is 53.1 Å². The first-order valence-electron chi connectivity index (χ1n) is 10.3. The standard InChI is InChI=1S/C24H30N2O5/c1-24(2,3)19-14-26(23(28)29)11-10-15-12-17(7-8-18(15)19)31-20-9-6-16(22(27)25-4)13-21(20)30-5/h6-9,12-13,19H,10-11,14H2,1-5H3,(H,25,27)(H,28,29). The number of fused-ring (bicyclic) bond motifs is 1. The highest BCUT2D eigenvalue weighted by molar-refractivity contribution is 5.94. The largest absolute Gasteiger partial charge is 0.493 e. The molecular weight excluding hydrogens is 396 g/mol. The smallest absolute Gasteiger partial charge is 0.407 e. The number of carbonyl (C=O) groups is 2. The molecule has 0 saturated heterocycles. The van der Waals surface area contributed by atoms with Gasteiger partial charge in [-0.05, 0) is 53.3 Å². The van der Waals surface area contributed by atoms with E-state index in [9.17, 15) is 14.7 Å². The molecule has 2 amide bonds. The maximum absolute atomic E-state index is 11.9. The number of methoxy groups -OCH3 is 1. The van der Waals surface area contributed by atoms with E-state index in [0.717, 1.165) is 11.1 Å². The van der Waals surface area contributed by atoms with Gasteiger partial charge in [-0.1, -0.05) is 26.8 Å². The van der Waals surface area contributed by atoms with Crippen LogP contribution < -0.4 is 14.8 Å². The molecule has 3 rings (SSSR count). The van der Waals surface area contributed by atoms with Gasteiger partial charge in [-0.25, -0.2) is 4.79 Å². The molecule has 2 aromatic rings. The first-order valence-corrected chi connectivity index (χ1v) is 10.3. The van der Waals surface area contributed by atoms with Crippen LogP contribution in [0.15, 0.2) is 36.4 Å². The fraction of sp³-hybridized carbons (Fsp3) is 0.417. The van der Waals surface area contributed by atoms with Gasteiger partial charge in [0.05, 0.1) is 7.11 Å². The molecule has 0 spiro atoms. The summed E-state index contributed by atoms with van der Waals surface area (Å²) in [7, 11) is 3.10. The van der Waals surface area contributed by atoms with Gasteiger partial charge in [0.1, 0.15) is 5.75 Å². The van der Waals surface area contributed by atoms with Crippen LogP contribution in [0, 0.1) is 5.41 Å². The van der Waals surface area contributed by atoms with E-state index >= 15 is 0 Å². The number of nitrogens with zero attached hydrogens (tertiary/aromatic N) is 1. The van der Waals surface area contributed by atoms with E-state index in [1.54, 1.807) is 25.2 Å². The minimum absolute atomic E-state index is 0.0801. The first kappa shape index (κ1) is 22.5. The van der Waals surface area contributed by atoms with Gasteiger partial charge in [0.25, 0.3) is 5.91 Å². The van der Waals surface area contributed by atoms with Gasteiger partial charge in [0.2, 0.25) is 0 Å². The molecule has 1 unspecified atom stereocenters. The molecule has 7 nitrogen and oxygen atoms in total. The lowest BCUT2D eigenvalue weighted by Gasteiger charge is -2.33. The number of benzene rings is 2. The molecule has 0 bridgehead atoms. The third kappa shape index (κ3) is 4.93. The summed E-state index contributed by atoms with van der Waals surface area (Å²) in [6.45, 7) is 7.32. The van der Waals surface area contributed by atoms with Crippen LogP contribution >= 0.6 is 0 Å². The Morgan fingerprint density at radius 2 is 1.87 bits per heavy atom. The Kier molecular flexibility index (Phi) is 6.43. The van der Waals surface area contributed by atoms with Gasteiger partial charge in [-0.3, -0.25) is 4.79 Å². The van der Waals surface area contributed by atoms with Crippen molar-refractivity contribution in [1.82, 2.24) is 10.2 Å². The van der Waals surface area contributed by atoms with Crippen molar-refractivity contribution in [2.24, 2.45) is 5.41 Å². The topological polar surface area (TPSA) is 88.1 Å². The molecule has 0 aromatic heterocycles. The molecule has 2 N–H and O–H groups in total. The molecule has 166 valence electrons. The summed E-state index contributed by atoms with van der Waals surface area (Å²) in [5.74, 6) is 1.48. The number of carbonyl (C=O) groups excluding carboxylic acids is 1. The fourth-order valence-electron chi connectivity index (χ4n) is 3.95. The Hall–Kier alpha value is -3.22. The minimum Gasteiger partial charge on any atom is -0.493 e. The summed E-state index contributed by atoms with van der Waals surface area (Å²) in [6, 6.07) is 10.9. The Morgan fingerprint density at radius 3 is 2.48 bits per heavy atom. The highest BCUT2D eigenvalue weighted by atomic mass is 16.5. The minimum atomic E-state index is -0.889. The number of nitrogens with one attached hydrogen (secondary N) is 1. The molecule has 1 aliphatic heterocycles. The molecule has 1 aliphatic rings. The zero-order valence-electron chi connectivity index (χ0n) is 18.7. The van der Waals surface area contributed by atoms with Gasteiger partial charge in [0, 0.05) is 31.6 Å². The Bertz CT molecular complexity index is 980. The van der Waals surface area contributed by atoms with Crippen LogP contribution in [0.5, 0.6) is 17.2 Å². The highest BCUT2D eigenvalue weighted by Crippen LogP contribution is 2.41. The summed E-state index contributed by atoms with van der Waals surface area (Å²) < 4.78 is 11.5. The normalized spacial score (nSPS) is 16.2.